The van der Waals surface area contributed by atoms with E-state index in [2.05, 4.69) is 5.11 Å². The minimum Gasteiger partial charge on any atom is -0.491 e. The second-order valence-electron chi connectivity index (χ2n) is 4.42. The van der Waals surface area contributed by atoms with Crippen molar-refractivity contribution < 1.29 is 18.1 Å². The first kappa shape index (κ1) is 17.6. The Morgan fingerprint density at radius 3 is 2.27 bits per heavy atom. The van der Waals surface area contributed by atoms with E-state index in [1.54, 1.807) is 42.4 Å². The number of benzene rings is 1. The molecule has 0 fully saturated rings. The minimum atomic E-state index is -4.02. The molecule has 22 heavy (non-hydrogen) atoms. The largest absolute Gasteiger partial charge is 0.491 e. The van der Waals surface area contributed by atoms with Crippen molar-refractivity contribution in [1.82, 2.24) is 4.90 Å². The lowest BCUT2D eigenvalue weighted by Gasteiger charge is -2.16. The van der Waals surface area contributed by atoms with E-state index in [1.807, 2.05) is 13.0 Å². The van der Waals surface area contributed by atoms with Crippen LogP contribution >= 0.6 is 0 Å². The molecule has 3 N–H and O–H groups in total. The number of hydrogen-bond donors (Lipinski definition) is 3. The number of hydrogen-bond acceptors (Lipinski definition) is 6. The Labute approximate surface area is 129 Å². The smallest absolute Gasteiger partial charge is 0.294 e. The van der Waals surface area contributed by atoms with E-state index in [1.165, 1.54) is 12.1 Å². The van der Waals surface area contributed by atoms with Gasteiger partial charge in [0.1, 0.15) is 5.70 Å². The highest BCUT2D eigenvalue weighted by molar-refractivity contribution is 7.85. The van der Waals surface area contributed by atoms with Crippen LogP contribution in [0.5, 0.6) is 0 Å². The molecule has 1 aliphatic heterocycles. The quantitative estimate of drug-likeness (QED) is 0.440. The highest BCUT2D eigenvalue weighted by Gasteiger charge is 2.07. The molecule has 118 valence electrons. The number of aryl methyl sites for hydroxylation is 1. The van der Waals surface area contributed by atoms with Crippen LogP contribution in [0.3, 0.4) is 0 Å². The van der Waals surface area contributed by atoms with Gasteiger partial charge >= 0.3 is 0 Å². The van der Waals surface area contributed by atoms with Gasteiger partial charge in [-0.2, -0.15) is 8.42 Å². The van der Waals surface area contributed by atoms with E-state index in [0.717, 1.165) is 5.56 Å². The summed E-state index contributed by atoms with van der Waals surface area (Å²) in [4.78, 5) is 1.62. The normalized spacial score (nSPS) is 15.9. The van der Waals surface area contributed by atoms with Crippen LogP contribution in [0, 0.1) is 12.5 Å². The van der Waals surface area contributed by atoms with E-state index in [0.29, 0.717) is 5.70 Å². The van der Waals surface area contributed by atoms with Crippen LogP contribution in [0.1, 0.15) is 5.56 Å². The van der Waals surface area contributed by atoms with Crippen molar-refractivity contribution in [2.75, 3.05) is 7.05 Å². The molecular formula is C14H17N3O4S. The Kier molecular flexibility index (Phi) is 6.02. The summed E-state index contributed by atoms with van der Waals surface area (Å²) in [6, 6.07) is 5.99. The SMILES string of the molecule is CN1C=CC=C/C1=C(/O)N=N.Cc1ccc(S(=O)(=O)O)cc1. The zero-order valence-corrected chi connectivity index (χ0v) is 12.9. The molecule has 0 unspecified atom stereocenters. The highest BCUT2D eigenvalue weighted by atomic mass is 32.2. The average Bonchev–Trinajstić information content (AvgIpc) is 2.47. The van der Waals surface area contributed by atoms with Crippen molar-refractivity contribution in [3.8, 4) is 0 Å². The lowest BCUT2D eigenvalue weighted by molar-refractivity contribution is 0.369. The Bertz CT molecular complexity index is 719. The van der Waals surface area contributed by atoms with E-state index in [4.69, 9.17) is 15.2 Å². The summed E-state index contributed by atoms with van der Waals surface area (Å²) >= 11 is 0. The summed E-state index contributed by atoms with van der Waals surface area (Å²) in [5.74, 6) is -0.270. The molecule has 0 amide bonds. The number of nitrogens with one attached hydrogen (secondary N) is 1. The van der Waals surface area contributed by atoms with E-state index >= 15 is 0 Å². The molecule has 1 aromatic rings. The molecule has 0 aliphatic carbocycles. The fraction of sp³-hybridized carbons (Fsp3) is 0.143. The maximum Gasteiger partial charge on any atom is 0.294 e. The molecule has 0 saturated carbocycles. The molecule has 1 aliphatic rings. The summed E-state index contributed by atoms with van der Waals surface area (Å²) < 4.78 is 29.6. The summed E-state index contributed by atoms with van der Waals surface area (Å²) in [6.07, 6.45) is 7.07. The summed E-state index contributed by atoms with van der Waals surface area (Å²) in [6.45, 7) is 1.84. The fourth-order valence-corrected chi connectivity index (χ4v) is 2.00. The van der Waals surface area contributed by atoms with E-state index in [9.17, 15) is 8.42 Å². The van der Waals surface area contributed by atoms with Gasteiger partial charge in [-0.1, -0.05) is 23.8 Å². The van der Waals surface area contributed by atoms with Gasteiger partial charge in [-0.25, -0.2) is 5.53 Å². The zero-order valence-electron chi connectivity index (χ0n) is 12.1. The molecule has 0 saturated heterocycles. The predicted molar refractivity (Wildman–Crippen MR) is 81.8 cm³/mol. The lowest BCUT2D eigenvalue weighted by atomic mass is 10.2. The van der Waals surface area contributed by atoms with Gasteiger partial charge in [0, 0.05) is 13.2 Å². The van der Waals surface area contributed by atoms with Gasteiger partial charge in [-0.3, -0.25) is 4.55 Å². The first-order valence-corrected chi connectivity index (χ1v) is 7.62. The van der Waals surface area contributed by atoms with Crippen LogP contribution in [0.25, 0.3) is 0 Å². The molecule has 0 spiro atoms. The minimum absolute atomic E-state index is 0.0666. The second kappa shape index (κ2) is 7.53. The maximum absolute atomic E-state index is 10.5. The molecule has 8 heteroatoms. The number of allylic oxidation sites excluding steroid dienone is 3. The number of aliphatic hydroxyl groups is 1. The average molecular weight is 323 g/mol. The Morgan fingerprint density at radius 1 is 1.23 bits per heavy atom. The summed E-state index contributed by atoms with van der Waals surface area (Å²) in [5.41, 5.74) is 8.05. The molecule has 1 aromatic carbocycles. The summed E-state index contributed by atoms with van der Waals surface area (Å²) in [5, 5.41) is 12.0. The topological polar surface area (TPSA) is 114 Å². The Hall–Kier alpha value is -2.45. The molecule has 1 heterocycles. The Balaban J connectivity index is 0.000000220. The number of rotatable bonds is 2. The second-order valence-corrected chi connectivity index (χ2v) is 5.84. The van der Waals surface area contributed by atoms with Crippen LogP contribution in [0.15, 0.2) is 70.3 Å². The third-order valence-corrected chi connectivity index (χ3v) is 3.58. The first-order valence-electron chi connectivity index (χ1n) is 6.18. The standard InChI is InChI=1S/C7H9N3O.C7H8O3S/c1-10-5-3-2-4-6(10)7(11)9-8;1-6-2-4-7(5-3-6)11(8,9)10/h2-5,8,11H,1H3;2-5H,1H3,(H,8,9,10)/b7-6-,9-8?;. The lowest BCUT2D eigenvalue weighted by Crippen LogP contribution is -2.12. The van der Waals surface area contributed by atoms with Crippen molar-refractivity contribution in [1.29, 1.82) is 5.53 Å². The third-order valence-electron chi connectivity index (χ3n) is 2.71. The molecule has 0 radical (unpaired) electrons. The number of likely N-dealkylation sites (N-methyl/N-ethyl adjacent to an activating group) is 1. The summed E-state index contributed by atoms with van der Waals surface area (Å²) in [7, 11) is -2.25. The van der Waals surface area contributed by atoms with Gasteiger partial charge < -0.3 is 10.0 Å². The first-order chi connectivity index (χ1) is 10.3. The molecule has 2 rings (SSSR count). The van der Waals surface area contributed by atoms with Crippen molar-refractivity contribution in [2.45, 2.75) is 11.8 Å². The van der Waals surface area contributed by atoms with Crippen molar-refractivity contribution in [3.63, 3.8) is 0 Å². The molecule has 0 aromatic heterocycles. The number of nitrogens with zero attached hydrogens (tertiary/aromatic N) is 2. The van der Waals surface area contributed by atoms with Crippen LogP contribution in [0.4, 0.5) is 0 Å². The number of aliphatic hydroxyl groups excluding tert-OH is 1. The monoisotopic (exact) mass is 323 g/mol. The van der Waals surface area contributed by atoms with E-state index in [-0.39, 0.29) is 10.8 Å². The van der Waals surface area contributed by atoms with Crippen molar-refractivity contribution in [2.24, 2.45) is 5.11 Å². The van der Waals surface area contributed by atoms with E-state index < -0.39 is 10.1 Å². The van der Waals surface area contributed by atoms with Crippen LogP contribution in [-0.4, -0.2) is 30.0 Å². The van der Waals surface area contributed by atoms with Gasteiger partial charge in [0.25, 0.3) is 16.0 Å². The fourth-order valence-electron chi connectivity index (χ4n) is 1.52. The van der Waals surface area contributed by atoms with Crippen LogP contribution in [-0.2, 0) is 10.1 Å². The zero-order chi connectivity index (χ0) is 16.8. The van der Waals surface area contributed by atoms with Crippen LogP contribution < -0.4 is 0 Å². The molecule has 7 nitrogen and oxygen atoms in total. The van der Waals surface area contributed by atoms with Gasteiger partial charge in [-0.05, 0) is 31.2 Å². The Morgan fingerprint density at radius 2 is 1.82 bits per heavy atom. The van der Waals surface area contributed by atoms with Crippen molar-refractivity contribution >= 4 is 10.1 Å². The molecule has 0 atom stereocenters. The van der Waals surface area contributed by atoms with Gasteiger partial charge in [0.05, 0.1) is 4.90 Å². The predicted octanol–water partition coefficient (Wildman–Crippen LogP) is 3.00. The van der Waals surface area contributed by atoms with Gasteiger partial charge in [0.2, 0.25) is 0 Å². The van der Waals surface area contributed by atoms with Crippen molar-refractivity contribution in [3.05, 3.63) is 65.8 Å². The maximum atomic E-state index is 10.5. The highest BCUT2D eigenvalue weighted by Crippen LogP contribution is 2.13. The van der Waals surface area contributed by atoms with Crippen LogP contribution in [0.2, 0.25) is 0 Å². The van der Waals surface area contributed by atoms with Gasteiger partial charge in [0.15, 0.2) is 0 Å². The molecular weight excluding hydrogens is 306 g/mol. The van der Waals surface area contributed by atoms with Gasteiger partial charge in [-0.15, -0.1) is 5.11 Å². The molecule has 0 bridgehead atoms. The third kappa shape index (κ3) is 5.15.